The smallest absolute Gasteiger partial charge is 0.419 e. The number of rotatable bonds is 7. The number of methoxy groups -OCH3 is 1. The average Bonchev–Trinajstić information content (AvgIpc) is 3.20. The molecule has 1 atom stereocenters. The van der Waals surface area contributed by atoms with E-state index in [4.69, 9.17) is 9.47 Å². The van der Waals surface area contributed by atoms with E-state index in [1.54, 1.807) is 69.4 Å². The van der Waals surface area contributed by atoms with Crippen molar-refractivity contribution in [1.29, 1.82) is 10.5 Å². The maximum Gasteiger partial charge on any atom is 0.419 e. The lowest BCUT2D eigenvalue weighted by Gasteiger charge is -2.28. The minimum atomic E-state index is -2.15. The number of allylic oxidation sites excluding steroid dienone is 1. The molecule has 0 saturated carbocycles. The van der Waals surface area contributed by atoms with E-state index >= 15 is 0 Å². The summed E-state index contributed by atoms with van der Waals surface area (Å²) in [7, 11) is -0.650. The summed E-state index contributed by atoms with van der Waals surface area (Å²) in [6, 6.07) is 14.5. The van der Waals surface area contributed by atoms with Crippen molar-refractivity contribution in [3.8, 4) is 17.9 Å². The number of halogens is 1. The summed E-state index contributed by atoms with van der Waals surface area (Å²) in [5.41, 5.74) is 0.849. The van der Waals surface area contributed by atoms with Crippen LogP contribution in [0.5, 0.6) is 5.75 Å². The fourth-order valence-corrected chi connectivity index (χ4v) is 4.89. The first kappa shape index (κ1) is 27.4. The number of ether oxygens (including phenoxy) is 2. The van der Waals surface area contributed by atoms with Crippen LogP contribution in [0.2, 0.25) is 0 Å². The maximum absolute atomic E-state index is 13.2. The lowest BCUT2D eigenvalue weighted by molar-refractivity contribution is 0.0337. The molecule has 8 nitrogen and oxygen atoms in total. The van der Waals surface area contributed by atoms with Gasteiger partial charge in [0.15, 0.2) is 8.38 Å². The highest BCUT2D eigenvalue weighted by molar-refractivity contribution is 9.10. The van der Waals surface area contributed by atoms with Crippen molar-refractivity contribution in [1.82, 2.24) is 4.57 Å². The van der Waals surface area contributed by atoms with Crippen LogP contribution in [0.4, 0.5) is 4.79 Å². The van der Waals surface area contributed by atoms with E-state index < -0.39 is 25.7 Å². The predicted molar refractivity (Wildman–Crippen MR) is 142 cm³/mol. The van der Waals surface area contributed by atoms with E-state index in [9.17, 15) is 25.1 Å². The molecule has 1 heterocycles. The van der Waals surface area contributed by atoms with E-state index in [0.29, 0.717) is 33.3 Å². The van der Waals surface area contributed by atoms with Gasteiger partial charge in [0.2, 0.25) is 0 Å². The molecule has 2 N–H and O–H groups in total. The Kier molecular flexibility index (Phi) is 8.55. The zero-order valence-corrected chi connectivity index (χ0v) is 22.7. The summed E-state index contributed by atoms with van der Waals surface area (Å²) < 4.78 is 13.2. The molecule has 1 unspecified atom stereocenters. The molecule has 10 heteroatoms. The van der Waals surface area contributed by atoms with E-state index in [2.05, 4.69) is 28.1 Å². The summed E-state index contributed by atoms with van der Waals surface area (Å²) in [6.07, 6.45) is 2.75. The summed E-state index contributed by atoms with van der Waals surface area (Å²) in [4.78, 5) is 32.2. The molecule has 2 aromatic carbocycles. The maximum atomic E-state index is 13.2. The summed E-state index contributed by atoms with van der Waals surface area (Å²) >= 11 is 3.45. The number of nitrogens with zero attached hydrogens (tertiary/aromatic N) is 3. The Bertz CT molecular complexity index is 1420. The monoisotopic (exact) mass is 569 g/mol. The van der Waals surface area contributed by atoms with Crippen molar-refractivity contribution in [2.45, 2.75) is 38.5 Å². The van der Waals surface area contributed by atoms with Crippen LogP contribution in [0.1, 0.15) is 43.9 Å². The highest BCUT2D eigenvalue weighted by Crippen LogP contribution is 2.37. The van der Waals surface area contributed by atoms with Crippen molar-refractivity contribution < 1.29 is 24.1 Å². The van der Waals surface area contributed by atoms with Crippen LogP contribution in [0.25, 0.3) is 22.6 Å². The molecule has 3 aromatic rings. The van der Waals surface area contributed by atoms with E-state index in [1.165, 1.54) is 11.7 Å². The van der Waals surface area contributed by atoms with Crippen LogP contribution in [0.3, 0.4) is 0 Å². The summed E-state index contributed by atoms with van der Waals surface area (Å²) in [5.74, 6) is 0.495. The van der Waals surface area contributed by atoms with Crippen molar-refractivity contribution in [2.24, 2.45) is 0 Å². The van der Waals surface area contributed by atoms with Gasteiger partial charge in [-0.2, -0.15) is 10.5 Å². The fraction of sp³-hybridized carbons (Fsp3) is 0.269. The quantitative estimate of drug-likeness (QED) is 0.256. The number of benzene rings is 2. The van der Waals surface area contributed by atoms with Gasteiger partial charge in [0.25, 0.3) is 0 Å². The van der Waals surface area contributed by atoms with Gasteiger partial charge in [-0.15, -0.1) is 0 Å². The van der Waals surface area contributed by atoms with Crippen LogP contribution in [0.15, 0.2) is 47.1 Å². The van der Waals surface area contributed by atoms with Gasteiger partial charge in [0.05, 0.1) is 35.9 Å². The second-order valence-electron chi connectivity index (χ2n) is 8.81. The van der Waals surface area contributed by atoms with Gasteiger partial charge in [0, 0.05) is 32.8 Å². The van der Waals surface area contributed by atoms with Gasteiger partial charge in [-0.3, -0.25) is 4.57 Å². The Morgan fingerprint density at radius 1 is 1.25 bits per heavy atom. The van der Waals surface area contributed by atoms with Crippen molar-refractivity contribution in [3.63, 3.8) is 0 Å². The second-order valence-corrected chi connectivity index (χ2v) is 11.3. The molecule has 0 aliphatic heterocycles. The third-order valence-electron chi connectivity index (χ3n) is 5.58. The van der Waals surface area contributed by atoms with Crippen LogP contribution in [0, 0.1) is 22.7 Å². The van der Waals surface area contributed by atoms with Gasteiger partial charge in [-0.25, -0.2) is 4.79 Å². The number of aromatic nitrogens is 1. The molecule has 1 aromatic heterocycles. The van der Waals surface area contributed by atoms with Crippen LogP contribution in [-0.2, 0) is 4.74 Å². The van der Waals surface area contributed by atoms with E-state index in [1.807, 2.05) is 0 Å². The minimum Gasteiger partial charge on any atom is -0.496 e. The SMILES string of the molecule is COc1ccc(C#N)cc1/C=C(\C#N)c1cn(C(=O)OC(C)(C)CC(C)P(O)O)c2ccc(Br)cc12. The number of carbonyl (C=O) groups is 1. The first-order chi connectivity index (χ1) is 17.0. The molecule has 0 aliphatic rings. The molecule has 0 fully saturated rings. The van der Waals surface area contributed by atoms with Crippen LogP contribution >= 0.6 is 24.3 Å². The minimum absolute atomic E-state index is 0.257. The molecule has 0 radical (unpaired) electrons. The van der Waals surface area contributed by atoms with Crippen LogP contribution < -0.4 is 4.74 Å². The van der Waals surface area contributed by atoms with Crippen molar-refractivity contribution >= 4 is 53.0 Å². The Labute approximate surface area is 219 Å². The molecule has 186 valence electrons. The molecule has 0 amide bonds. The average molecular weight is 570 g/mol. The van der Waals surface area contributed by atoms with Gasteiger partial charge in [0.1, 0.15) is 11.4 Å². The highest BCUT2D eigenvalue weighted by atomic mass is 79.9. The molecule has 3 rings (SSSR count). The Morgan fingerprint density at radius 2 is 1.97 bits per heavy atom. The Balaban J connectivity index is 2.11. The molecule has 36 heavy (non-hydrogen) atoms. The fourth-order valence-electron chi connectivity index (χ4n) is 3.93. The second kappa shape index (κ2) is 11.2. The largest absolute Gasteiger partial charge is 0.496 e. The third kappa shape index (κ3) is 6.13. The lowest BCUT2D eigenvalue weighted by atomic mass is 10.0. The molecule has 0 spiro atoms. The zero-order chi connectivity index (χ0) is 26.6. The number of hydrogen-bond acceptors (Lipinski definition) is 7. The third-order valence-corrected chi connectivity index (χ3v) is 7.04. The number of hydrogen-bond donors (Lipinski definition) is 2. The number of fused-ring (bicyclic) bond motifs is 1. The normalized spacial score (nSPS) is 12.8. The number of carbonyl (C=O) groups excluding carboxylic acids is 1. The van der Waals surface area contributed by atoms with Gasteiger partial charge >= 0.3 is 6.09 Å². The van der Waals surface area contributed by atoms with Gasteiger partial charge < -0.3 is 19.3 Å². The summed E-state index contributed by atoms with van der Waals surface area (Å²) in [6.45, 7) is 5.10. The van der Waals surface area contributed by atoms with E-state index in [-0.39, 0.29) is 12.0 Å². The predicted octanol–water partition coefficient (Wildman–Crippen LogP) is 6.19. The Hall–Kier alpha value is -3.20. The van der Waals surface area contributed by atoms with Crippen LogP contribution in [-0.4, -0.2) is 38.8 Å². The molecular formula is C26H25BrN3O5P. The van der Waals surface area contributed by atoms with Crippen molar-refractivity contribution in [2.75, 3.05) is 7.11 Å². The highest BCUT2D eigenvalue weighted by Gasteiger charge is 2.30. The Morgan fingerprint density at radius 3 is 2.58 bits per heavy atom. The van der Waals surface area contributed by atoms with Gasteiger partial charge in [-0.1, -0.05) is 22.9 Å². The number of nitriles is 2. The standard InChI is InChI=1S/C26H25BrN3O5P/c1-16(36(32)33)12-26(2,3)35-25(31)30-15-22(21-11-20(27)6-7-23(21)30)19(14-29)10-18-9-17(13-28)5-8-24(18)34-4/h5-11,15-16,32-33H,12H2,1-4H3/b19-10+. The van der Waals surface area contributed by atoms with Gasteiger partial charge in [-0.05, 0) is 62.7 Å². The first-order valence-corrected chi connectivity index (χ1v) is 13.0. The van der Waals surface area contributed by atoms with Crippen molar-refractivity contribution in [3.05, 3.63) is 63.8 Å². The summed E-state index contributed by atoms with van der Waals surface area (Å²) in [5, 5.41) is 20.0. The lowest BCUT2D eigenvalue weighted by Crippen LogP contribution is -2.33. The topological polar surface area (TPSA) is 128 Å². The molecular weight excluding hydrogens is 545 g/mol. The first-order valence-electron chi connectivity index (χ1n) is 10.9. The molecule has 0 aliphatic carbocycles. The molecule has 0 saturated heterocycles. The molecule has 0 bridgehead atoms. The van der Waals surface area contributed by atoms with E-state index in [0.717, 1.165) is 4.47 Å². The zero-order valence-electron chi connectivity index (χ0n) is 20.2.